The first-order chi connectivity index (χ1) is 16.9. The van der Waals surface area contributed by atoms with Gasteiger partial charge in [0.1, 0.15) is 5.75 Å². The van der Waals surface area contributed by atoms with E-state index in [1.165, 1.54) is 0 Å². The summed E-state index contributed by atoms with van der Waals surface area (Å²) in [6.07, 6.45) is 2.25. The molecule has 0 radical (unpaired) electrons. The first-order valence-corrected chi connectivity index (χ1v) is 12.6. The fraction of sp³-hybridized carbons (Fsp3) is 0.448. The lowest BCUT2D eigenvalue weighted by Gasteiger charge is -2.32. The monoisotopic (exact) mass is 472 g/mol. The van der Waals surface area contributed by atoms with E-state index in [1.807, 2.05) is 62.4 Å². The van der Waals surface area contributed by atoms with Crippen LogP contribution in [0.15, 0.2) is 53.3 Å². The minimum atomic E-state index is -0.728. The number of fused-ring (bicyclic) bond motifs is 1. The van der Waals surface area contributed by atoms with Gasteiger partial charge in [-0.3, -0.25) is 4.79 Å². The number of likely N-dealkylation sites (N-methyl/N-ethyl adjacent to an activating group) is 1. The Morgan fingerprint density at radius 3 is 2.66 bits per heavy atom. The molecule has 0 spiro atoms. The third-order valence-electron chi connectivity index (χ3n) is 7.13. The van der Waals surface area contributed by atoms with Gasteiger partial charge in [-0.1, -0.05) is 31.2 Å². The number of benzene rings is 2. The van der Waals surface area contributed by atoms with E-state index in [0.29, 0.717) is 19.4 Å². The zero-order valence-electron chi connectivity index (χ0n) is 21.1. The van der Waals surface area contributed by atoms with Crippen LogP contribution < -0.4 is 10.3 Å². The number of nitrogens with zero attached hydrogens (tertiary/aromatic N) is 3. The molecule has 1 saturated heterocycles. The summed E-state index contributed by atoms with van der Waals surface area (Å²) < 4.78 is 6.05. The van der Waals surface area contributed by atoms with Crippen molar-refractivity contribution in [2.24, 2.45) is 0 Å². The summed E-state index contributed by atoms with van der Waals surface area (Å²) in [5, 5.41) is 11.1. The lowest BCUT2D eigenvalue weighted by atomic mass is 9.78. The highest BCUT2D eigenvalue weighted by atomic mass is 16.5. The molecule has 0 bridgehead atoms. The van der Waals surface area contributed by atoms with Crippen LogP contribution in [0.4, 0.5) is 0 Å². The molecule has 1 aromatic heterocycles. The Labute approximate surface area is 208 Å². The highest BCUT2D eigenvalue weighted by Gasteiger charge is 2.27. The number of aromatic nitrogens is 1. The fourth-order valence-electron chi connectivity index (χ4n) is 4.76. The Morgan fingerprint density at radius 1 is 1.11 bits per heavy atom. The van der Waals surface area contributed by atoms with Crippen molar-refractivity contribution < 1.29 is 4.74 Å². The molecule has 2 heterocycles. The van der Waals surface area contributed by atoms with Crippen LogP contribution in [-0.4, -0.2) is 61.2 Å². The largest absolute Gasteiger partial charge is 0.494 e. The van der Waals surface area contributed by atoms with Gasteiger partial charge < -0.3 is 19.5 Å². The van der Waals surface area contributed by atoms with Crippen LogP contribution >= 0.6 is 0 Å². The average molecular weight is 473 g/mol. The smallest absolute Gasteiger partial charge is 0.251 e. The predicted octanol–water partition coefficient (Wildman–Crippen LogP) is 4.13. The third-order valence-corrected chi connectivity index (χ3v) is 7.13. The number of nitrogens with one attached hydrogen (secondary N) is 1. The SMILES string of the molecule is CCc1cc2ccc(C(C)(C#N)Cc3cccc(OCCCN4CCN(C)CC4)c3)cc2[nH]c1=O. The molecule has 6 nitrogen and oxygen atoms in total. The van der Waals surface area contributed by atoms with Crippen molar-refractivity contribution in [1.82, 2.24) is 14.8 Å². The number of pyridine rings is 1. The minimum Gasteiger partial charge on any atom is -0.494 e. The zero-order chi connectivity index (χ0) is 24.8. The average Bonchev–Trinajstić information content (AvgIpc) is 2.87. The summed E-state index contributed by atoms with van der Waals surface area (Å²) in [6, 6.07) is 18.5. The van der Waals surface area contributed by atoms with E-state index >= 15 is 0 Å². The van der Waals surface area contributed by atoms with Crippen molar-refractivity contribution in [1.29, 1.82) is 5.26 Å². The number of nitriles is 1. The van der Waals surface area contributed by atoms with Gasteiger partial charge >= 0.3 is 0 Å². The van der Waals surface area contributed by atoms with Gasteiger partial charge in [-0.15, -0.1) is 0 Å². The van der Waals surface area contributed by atoms with Gasteiger partial charge in [-0.2, -0.15) is 5.26 Å². The van der Waals surface area contributed by atoms with Crippen LogP contribution in [0.2, 0.25) is 0 Å². The third kappa shape index (κ3) is 6.11. The fourth-order valence-corrected chi connectivity index (χ4v) is 4.76. The Balaban J connectivity index is 1.41. The van der Waals surface area contributed by atoms with E-state index < -0.39 is 5.41 Å². The van der Waals surface area contributed by atoms with Gasteiger partial charge in [0.2, 0.25) is 0 Å². The molecule has 35 heavy (non-hydrogen) atoms. The maximum absolute atomic E-state index is 12.3. The zero-order valence-corrected chi connectivity index (χ0v) is 21.1. The molecule has 1 aliphatic rings. The van der Waals surface area contributed by atoms with Gasteiger partial charge in [-0.25, -0.2) is 0 Å². The van der Waals surface area contributed by atoms with Crippen molar-refractivity contribution in [3.63, 3.8) is 0 Å². The second-order valence-corrected chi connectivity index (χ2v) is 9.89. The van der Waals surface area contributed by atoms with Crippen molar-refractivity contribution in [3.8, 4) is 11.8 Å². The predicted molar refractivity (Wildman–Crippen MR) is 141 cm³/mol. The summed E-state index contributed by atoms with van der Waals surface area (Å²) in [4.78, 5) is 20.1. The normalized spacial score (nSPS) is 16.6. The van der Waals surface area contributed by atoms with Gasteiger partial charge in [0, 0.05) is 43.8 Å². The van der Waals surface area contributed by atoms with Crippen LogP contribution in [0.3, 0.4) is 0 Å². The summed E-state index contributed by atoms with van der Waals surface area (Å²) in [6.45, 7) is 10.2. The molecule has 4 rings (SSSR count). The molecule has 3 aromatic rings. The lowest BCUT2D eigenvalue weighted by molar-refractivity contribution is 0.145. The van der Waals surface area contributed by atoms with E-state index in [-0.39, 0.29) is 5.56 Å². The molecule has 1 fully saturated rings. The number of hydrogen-bond acceptors (Lipinski definition) is 5. The van der Waals surface area contributed by atoms with E-state index in [0.717, 1.165) is 72.5 Å². The van der Waals surface area contributed by atoms with E-state index in [2.05, 4.69) is 27.9 Å². The van der Waals surface area contributed by atoms with Crippen LogP contribution in [0.25, 0.3) is 10.9 Å². The number of aromatic amines is 1. The highest BCUT2D eigenvalue weighted by Crippen LogP contribution is 2.30. The number of H-pyrrole nitrogens is 1. The van der Waals surface area contributed by atoms with Gasteiger partial charge in [0.05, 0.1) is 18.1 Å². The molecule has 184 valence electrons. The summed E-state index contributed by atoms with van der Waals surface area (Å²) >= 11 is 0. The van der Waals surface area contributed by atoms with Crippen LogP contribution in [0.5, 0.6) is 5.75 Å². The van der Waals surface area contributed by atoms with Crippen LogP contribution in [0.1, 0.15) is 37.0 Å². The van der Waals surface area contributed by atoms with Crippen LogP contribution in [0, 0.1) is 11.3 Å². The van der Waals surface area contributed by atoms with Gasteiger partial charge in [0.25, 0.3) is 5.56 Å². The maximum atomic E-state index is 12.3. The summed E-state index contributed by atoms with van der Waals surface area (Å²) in [5.41, 5.74) is 2.70. The van der Waals surface area contributed by atoms with Gasteiger partial charge in [-0.05, 0) is 74.0 Å². The van der Waals surface area contributed by atoms with Crippen molar-refractivity contribution >= 4 is 10.9 Å². The maximum Gasteiger partial charge on any atom is 0.251 e. The van der Waals surface area contributed by atoms with E-state index in [1.54, 1.807) is 0 Å². The lowest BCUT2D eigenvalue weighted by Crippen LogP contribution is -2.44. The molecule has 0 amide bonds. The standard InChI is InChI=1S/C29H36N4O2/c1-4-23-18-24-9-10-25(19-27(24)31-28(23)34)29(2,21-30)20-22-7-5-8-26(17-22)35-16-6-11-33-14-12-32(3)13-15-33/h5,7-10,17-19H,4,6,11-16,20H2,1-3H3,(H,31,34). The Bertz CT molecular complexity index is 1250. The molecule has 0 aliphatic carbocycles. The topological polar surface area (TPSA) is 72.4 Å². The Morgan fingerprint density at radius 2 is 1.91 bits per heavy atom. The molecule has 2 aromatic carbocycles. The van der Waals surface area contributed by atoms with E-state index in [4.69, 9.17) is 4.74 Å². The second-order valence-electron chi connectivity index (χ2n) is 9.89. The molecule has 0 saturated carbocycles. The van der Waals surface area contributed by atoms with Gasteiger partial charge in [0.15, 0.2) is 0 Å². The molecule has 6 heteroatoms. The Kier molecular flexibility index (Phi) is 7.90. The molecule has 1 aliphatic heterocycles. The number of aryl methyl sites for hydroxylation is 1. The molecular formula is C29H36N4O2. The molecule has 1 unspecified atom stereocenters. The molecule has 1 N–H and O–H groups in total. The van der Waals surface area contributed by atoms with Crippen LogP contribution in [-0.2, 0) is 18.3 Å². The highest BCUT2D eigenvalue weighted by molar-refractivity contribution is 5.80. The van der Waals surface area contributed by atoms with Crippen molar-refractivity contribution in [3.05, 3.63) is 75.6 Å². The minimum absolute atomic E-state index is 0.0618. The second kappa shape index (κ2) is 11.1. The first-order valence-electron chi connectivity index (χ1n) is 12.6. The number of ether oxygens (including phenoxy) is 1. The number of rotatable bonds is 9. The quantitative estimate of drug-likeness (QED) is 0.474. The van der Waals surface area contributed by atoms with Crippen molar-refractivity contribution in [2.75, 3.05) is 46.4 Å². The van der Waals surface area contributed by atoms with E-state index in [9.17, 15) is 10.1 Å². The molecule has 1 atom stereocenters. The Hall–Kier alpha value is -3.14. The summed E-state index contributed by atoms with van der Waals surface area (Å²) in [5.74, 6) is 0.844. The molecular weight excluding hydrogens is 436 g/mol. The number of piperazine rings is 1. The first kappa shape index (κ1) is 25.0. The summed E-state index contributed by atoms with van der Waals surface area (Å²) in [7, 11) is 2.17. The van der Waals surface area contributed by atoms with Crippen molar-refractivity contribution in [2.45, 2.75) is 38.5 Å². The number of hydrogen-bond donors (Lipinski definition) is 1.